The molecule has 2 aliphatic heterocycles. The Hall–Kier alpha value is -4.08. The molecule has 10 heteroatoms. The molecule has 0 radical (unpaired) electrons. The van der Waals surface area contributed by atoms with Gasteiger partial charge in [0, 0.05) is 22.7 Å². The number of carbonyl (C=O) groups excluding carboxylic acids is 2. The zero-order valence-electron chi connectivity index (χ0n) is 20.6. The molecule has 2 amide bonds. The van der Waals surface area contributed by atoms with E-state index in [0.717, 1.165) is 11.3 Å². The highest BCUT2D eigenvalue weighted by atomic mass is 35.5. The van der Waals surface area contributed by atoms with Gasteiger partial charge in [-0.15, -0.1) is 0 Å². The second kappa shape index (κ2) is 11.1. The highest BCUT2D eigenvalue weighted by Gasteiger charge is 2.26. The number of hydrogen-bond donors (Lipinski definition) is 2. The van der Waals surface area contributed by atoms with E-state index in [1.165, 1.54) is 17.3 Å². The number of ether oxygens (including phenoxy) is 2. The van der Waals surface area contributed by atoms with E-state index in [-0.39, 0.29) is 18.4 Å². The minimum Gasteiger partial charge on any atom is -0.497 e. The predicted octanol–water partition coefficient (Wildman–Crippen LogP) is 5.52. The summed E-state index contributed by atoms with van der Waals surface area (Å²) in [5, 5.41) is 6.48. The van der Waals surface area contributed by atoms with Crippen LogP contribution in [0.3, 0.4) is 0 Å². The summed E-state index contributed by atoms with van der Waals surface area (Å²) in [7, 11) is 1.58. The Morgan fingerprint density at radius 2 is 2.00 bits per heavy atom. The summed E-state index contributed by atoms with van der Waals surface area (Å²) in [5.74, 6) is 1.13. The van der Waals surface area contributed by atoms with E-state index in [1.807, 2.05) is 19.1 Å². The maximum atomic E-state index is 12.7. The van der Waals surface area contributed by atoms with Crippen LogP contribution in [-0.2, 0) is 16.0 Å². The monoisotopic (exact) mass is 546 g/mol. The Bertz CT molecular complexity index is 1520. The second-order valence-corrected chi connectivity index (χ2v) is 10.0. The van der Waals surface area contributed by atoms with Crippen molar-refractivity contribution in [1.29, 1.82) is 0 Å². The van der Waals surface area contributed by atoms with Gasteiger partial charge in [0.1, 0.15) is 17.3 Å². The Balaban J connectivity index is 1.26. The molecule has 5 rings (SSSR count). The van der Waals surface area contributed by atoms with Crippen molar-refractivity contribution in [2.24, 2.45) is 9.98 Å². The van der Waals surface area contributed by atoms with E-state index < -0.39 is 0 Å². The molecule has 8 nitrogen and oxygen atoms in total. The minimum absolute atomic E-state index is 0.226. The average molecular weight is 547 g/mol. The van der Waals surface area contributed by atoms with Gasteiger partial charge in [0.15, 0.2) is 11.8 Å². The van der Waals surface area contributed by atoms with Crippen molar-refractivity contribution in [3.05, 3.63) is 87.3 Å². The first-order valence-electron chi connectivity index (χ1n) is 11.7. The third-order valence-corrected chi connectivity index (χ3v) is 6.85. The van der Waals surface area contributed by atoms with Crippen molar-refractivity contribution in [2.75, 3.05) is 19.0 Å². The van der Waals surface area contributed by atoms with Gasteiger partial charge in [0.25, 0.3) is 11.8 Å². The van der Waals surface area contributed by atoms with Crippen molar-refractivity contribution in [3.8, 4) is 11.5 Å². The lowest BCUT2D eigenvalue weighted by Crippen LogP contribution is -2.21. The summed E-state index contributed by atoms with van der Waals surface area (Å²) in [5.41, 5.74) is 4.37. The molecule has 38 heavy (non-hydrogen) atoms. The van der Waals surface area contributed by atoms with E-state index in [9.17, 15) is 9.59 Å². The van der Waals surface area contributed by atoms with E-state index >= 15 is 0 Å². The molecule has 0 atom stereocenters. The maximum absolute atomic E-state index is 12.7. The number of hydrogen-bond acceptors (Lipinski definition) is 7. The lowest BCUT2D eigenvalue weighted by Gasteiger charge is -2.11. The van der Waals surface area contributed by atoms with Crippen LogP contribution in [0, 0.1) is 6.92 Å². The Kier molecular flexibility index (Phi) is 7.48. The number of methoxy groups -OCH3 is 1. The van der Waals surface area contributed by atoms with Crippen LogP contribution in [0.25, 0.3) is 6.08 Å². The van der Waals surface area contributed by atoms with Crippen LogP contribution >= 0.6 is 23.4 Å². The number of thioether (sulfide) groups is 1. The molecular formula is C28H23ClN4O4S. The molecule has 0 bridgehead atoms. The van der Waals surface area contributed by atoms with Gasteiger partial charge >= 0.3 is 0 Å². The van der Waals surface area contributed by atoms with E-state index in [1.54, 1.807) is 55.7 Å². The number of anilines is 1. The standard InChI is InChI=1S/C28H23ClN4O4S/c1-16-3-9-22-17(11-16)14-25(31-22)32-28-33-27(35)24(38-28)13-18-12-19(29)4-10-23(18)37-15-26(34)30-20-5-7-21(36-2)8-6-20/h3-13H,14-15H2,1-2H3,(H,30,34)(H,31,32,33,35)/b24-13-. The number of nitrogens with zero attached hydrogens (tertiary/aromatic N) is 2. The fourth-order valence-corrected chi connectivity index (χ4v) is 4.91. The summed E-state index contributed by atoms with van der Waals surface area (Å²) in [4.78, 5) is 34.6. The topological polar surface area (TPSA) is 101 Å². The third kappa shape index (κ3) is 6.07. The smallest absolute Gasteiger partial charge is 0.264 e. The molecule has 192 valence electrons. The third-order valence-electron chi connectivity index (χ3n) is 5.71. The summed E-state index contributed by atoms with van der Waals surface area (Å²) in [6.07, 6.45) is 2.28. The fourth-order valence-electron chi connectivity index (χ4n) is 3.90. The first kappa shape index (κ1) is 25.6. The maximum Gasteiger partial charge on any atom is 0.264 e. The molecule has 1 fully saturated rings. The SMILES string of the molecule is COc1ccc(NC(=O)COc2ccc(Cl)cc2/C=C2\SC(=NC3=Nc4ccc(C)cc4C3)NC2=O)cc1. The van der Waals surface area contributed by atoms with Crippen molar-refractivity contribution in [2.45, 2.75) is 13.3 Å². The average Bonchev–Trinajstić information content (AvgIpc) is 3.45. The van der Waals surface area contributed by atoms with Crippen LogP contribution in [0.15, 0.2) is 75.6 Å². The van der Waals surface area contributed by atoms with Crippen LogP contribution < -0.4 is 20.1 Å². The molecule has 0 saturated carbocycles. The van der Waals surface area contributed by atoms with E-state index in [4.69, 9.17) is 21.1 Å². The lowest BCUT2D eigenvalue weighted by atomic mass is 10.1. The van der Waals surface area contributed by atoms with Crippen LogP contribution in [-0.4, -0.2) is 36.5 Å². The number of aryl methyl sites for hydroxylation is 1. The number of carbonyl (C=O) groups is 2. The molecule has 2 N–H and O–H groups in total. The Morgan fingerprint density at radius 3 is 2.79 bits per heavy atom. The van der Waals surface area contributed by atoms with Crippen LogP contribution in [0.2, 0.25) is 5.02 Å². The van der Waals surface area contributed by atoms with Gasteiger partial charge in [-0.2, -0.15) is 0 Å². The van der Waals surface area contributed by atoms with Crippen molar-refractivity contribution >= 4 is 63.6 Å². The van der Waals surface area contributed by atoms with Gasteiger partial charge in [-0.05, 0) is 78.9 Å². The minimum atomic E-state index is -0.334. The van der Waals surface area contributed by atoms with Crippen LogP contribution in [0.1, 0.15) is 16.7 Å². The van der Waals surface area contributed by atoms with Gasteiger partial charge < -0.3 is 20.1 Å². The Labute approximate surface area is 228 Å². The molecular weight excluding hydrogens is 524 g/mol. The first-order chi connectivity index (χ1) is 18.4. The Morgan fingerprint density at radius 1 is 1.18 bits per heavy atom. The molecule has 1 saturated heterocycles. The number of amidine groups is 2. The number of rotatable bonds is 6. The highest BCUT2D eigenvalue weighted by molar-refractivity contribution is 8.18. The molecule has 2 heterocycles. The first-order valence-corrected chi connectivity index (χ1v) is 12.9. The molecule has 0 spiro atoms. The van der Waals surface area contributed by atoms with Gasteiger partial charge in [0.2, 0.25) is 0 Å². The predicted molar refractivity (Wildman–Crippen MR) is 152 cm³/mol. The highest BCUT2D eigenvalue weighted by Crippen LogP contribution is 2.33. The molecule has 0 aromatic heterocycles. The van der Waals surface area contributed by atoms with Gasteiger partial charge in [-0.25, -0.2) is 9.98 Å². The fraction of sp³-hybridized carbons (Fsp3) is 0.143. The van der Waals surface area contributed by atoms with Gasteiger partial charge in [-0.3, -0.25) is 9.59 Å². The number of benzene rings is 3. The molecule has 0 aliphatic carbocycles. The molecule has 3 aromatic rings. The van der Waals surface area contributed by atoms with E-state index in [0.29, 0.717) is 50.1 Å². The van der Waals surface area contributed by atoms with Crippen LogP contribution in [0.5, 0.6) is 11.5 Å². The largest absolute Gasteiger partial charge is 0.497 e. The van der Waals surface area contributed by atoms with Crippen molar-refractivity contribution < 1.29 is 19.1 Å². The molecule has 0 unspecified atom stereocenters. The summed E-state index contributed by atoms with van der Waals surface area (Å²) < 4.78 is 10.9. The zero-order chi connectivity index (χ0) is 26.6. The number of aliphatic imine (C=N–C) groups is 2. The quantitative estimate of drug-likeness (QED) is 0.396. The number of amides is 2. The second-order valence-electron chi connectivity index (χ2n) is 8.57. The number of fused-ring (bicyclic) bond motifs is 1. The molecule has 2 aliphatic rings. The normalized spacial score (nSPS) is 16.3. The molecule has 3 aromatic carbocycles. The number of nitrogens with one attached hydrogen (secondary N) is 2. The summed E-state index contributed by atoms with van der Waals surface area (Å²) in [6, 6.07) is 18.1. The van der Waals surface area contributed by atoms with Crippen molar-refractivity contribution in [3.63, 3.8) is 0 Å². The van der Waals surface area contributed by atoms with Gasteiger partial charge in [-0.1, -0.05) is 29.3 Å². The van der Waals surface area contributed by atoms with Gasteiger partial charge in [0.05, 0.1) is 17.7 Å². The summed E-state index contributed by atoms with van der Waals surface area (Å²) in [6.45, 7) is 1.81. The summed E-state index contributed by atoms with van der Waals surface area (Å²) >= 11 is 7.42. The van der Waals surface area contributed by atoms with E-state index in [2.05, 4.69) is 26.7 Å². The van der Waals surface area contributed by atoms with Crippen LogP contribution in [0.4, 0.5) is 11.4 Å². The van der Waals surface area contributed by atoms with Crippen molar-refractivity contribution in [1.82, 2.24) is 5.32 Å². The number of halogens is 1. The lowest BCUT2D eigenvalue weighted by molar-refractivity contribution is -0.118. The zero-order valence-corrected chi connectivity index (χ0v) is 22.2.